The van der Waals surface area contributed by atoms with Gasteiger partial charge >= 0.3 is 6.01 Å². The number of piperidine rings is 1. The van der Waals surface area contributed by atoms with Crippen LogP contribution in [0.5, 0.6) is 11.8 Å². The number of ether oxygens (including phenoxy) is 1. The number of rotatable bonds is 4. The summed E-state index contributed by atoms with van der Waals surface area (Å²) in [6, 6.07) is 1.29. The van der Waals surface area contributed by atoms with Gasteiger partial charge in [0, 0.05) is 32.2 Å². The molecule has 2 atom stereocenters. The summed E-state index contributed by atoms with van der Waals surface area (Å²) < 4.78 is 35.1. The van der Waals surface area contributed by atoms with Crippen molar-refractivity contribution in [2.45, 2.75) is 6.04 Å². The molecular weight excluding hydrogens is 420 g/mol. The highest BCUT2D eigenvalue weighted by molar-refractivity contribution is 6.15. The van der Waals surface area contributed by atoms with Crippen LogP contribution >= 0.6 is 0 Å². The fraction of sp³-hybridized carbons (Fsp3) is 0.300. The van der Waals surface area contributed by atoms with Gasteiger partial charge in [-0.1, -0.05) is 0 Å². The van der Waals surface area contributed by atoms with Crippen molar-refractivity contribution in [3.05, 3.63) is 30.1 Å². The summed E-state index contributed by atoms with van der Waals surface area (Å²) in [5.74, 6) is -0.353. The van der Waals surface area contributed by atoms with E-state index in [2.05, 4.69) is 30.2 Å². The minimum atomic E-state index is -0.961. The number of nitrogens with one attached hydrogen (secondary N) is 2. The summed E-state index contributed by atoms with van der Waals surface area (Å²) in [5, 5.41) is 3.37. The quantitative estimate of drug-likeness (QED) is 0.375. The predicted octanol–water partition coefficient (Wildman–Crippen LogP) is 1.99. The van der Waals surface area contributed by atoms with E-state index in [0.717, 1.165) is 6.07 Å². The third-order valence-electron chi connectivity index (χ3n) is 6.27. The summed E-state index contributed by atoms with van der Waals surface area (Å²) >= 11 is 0. The Morgan fingerprint density at radius 2 is 1.88 bits per heavy atom. The molecule has 2 unspecified atom stereocenters. The van der Waals surface area contributed by atoms with Crippen LogP contribution in [-0.2, 0) is 0 Å². The molecule has 6 N–H and O–H groups in total. The summed E-state index contributed by atoms with van der Waals surface area (Å²) in [5.41, 5.74) is 12.7. The Hall–Kier alpha value is -3.80. The van der Waals surface area contributed by atoms with E-state index < -0.39 is 11.6 Å². The Kier molecular flexibility index (Phi) is 3.90. The second-order valence-corrected chi connectivity index (χ2v) is 8.09. The zero-order valence-corrected chi connectivity index (χ0v) is 16.9. The number of benzene rings is 1. The van der Waals surface area contributed by atoms with Crippen LogP contribution in [0.3, 0.4) is 0 Å². The van der Waals surface area contributed by atoms with Gasteiger partial charge in [0.05, 0.1) is 34.4 Å². The molecule has 1 aliphatic carbocycles. The van der Waals surface area contributed by atoms with Crippen molar-refractivity contribution in [3.8, 4) is 11.8 Å². The third kappa shape index (κ3) is 2.72. The van der Waals surface area contributed by atoms with Gasteiger partial charge in [0.2, 0.25) is 5.95 Å². The average Bonchev–Trinajstić information content (AvgIpc) is 3.15. The number of nitrogen functional groups attached to an aromatic ring is 1. The first-order valence-corrected chi connectivity index (χ1v) is 10.1. The van der Waals surface area contributed by atoms with Crippen LogP contribution in [0.25, 0.3) is 21.9 Å². The van der Waals surface area contributed by atoms with Gasteiger partial charge in [0.1, 0.15) is 11.5 Å². The molecule has 2 aliphatic rings. The van der Waals surface area contributed by atoms with Crippen LogP contribution in [0.2, 0.25) is 0 Å². The second kappa shape index (κ2) is 6.60. The van der Waals surface area contributed by atoms with Gasteiger partial charge in [-0.3, -0.25) is 0 Å². The van der Waals surface area contributed by atoms with Crippen molar-refractivity contribution in [2.24, 2.45) is 17.6 Å². The molecule has 0 spiro atoms. The molecule has 10 nitrogen and oxygen atoms in total. The Labute approximate surface area is 180 Å². The predicted molar refractivity (Wildman–Crippen MR) is 115 cm³/mol. The standard InChI is InChI=1S/C20H19F2N9O/c1-25-11-2-10(21)14(22)12-13-17(28-16(11)12)29-20(32-7-3-26-19(24)27-4-7)30-18(13)31-5-8-9(6-31)15(8)23/h2-4,8-9,15,25H,5-6,23H2,1H3,(H2,24,26,27)(H,28,29,30). The fourth-order valence-corrected chi connectivity index (χ4v) is 4.56. The Balaban J connectivity index is 1.56. The summed E-state index contributed by atoms with van der Waals surface area (Å²) in [6.07, 6.45) is 2.80. The molecule has 1 saturated carbocycles. The molecular formula is C20H19F2N9O. The highest BCUT2D eigenvalue weighted by Gasteiger charge is 2.54. The number of aromatic nitrogens is 5. The maximum Gasteiger partial charge on any atom is 0.326 e. The maximum atomic E-state index is 15.0. The van der Waals surface area contributed by atoms with E-state index in [1.807, 2.05) is 4.90 Å². The monoisotopic (exact) mass is 439 g/mol. The Morgan fingerprint density at radius 3 is 2.56 bits per heavy atom. The summed E-state index contributed by atoms with van der Waals surface area (Å²) in [4.78, 5) is 21.9. The molecule has 12 heteroatoms. The highest BCUT2D eigenvalue weighted by Crippen LogP contribution is 2.47. The second-order valence-electron chi connectivity index (χ2n) is 8.09. The number of halogens is 2. The van der Waals surface area contributed by atoms with Crippen LogP contribution in [-0.4, -0.2) is 51.1 Å². The topological polar surface area (TPSA) is 144 Å². The number of nitrogens with zero attached hydrogens (tertiary/aromatic N) is 5. The molecule has 2 fully saturated rings. The number of anilines is 3. The van der Waals surface area contributed by atoms with Gasteiger partial charge in [-0.05, 0) is 11.8 Å². The Bertz CT molecular complexity index is 1360. The molecule has 4 aromatic rings. The van der Waals surface area contributed by atoms with Crippen molar-refractivity contribution in [1.29, 1.82) is 0 Å². The zero-order valence-electron chi connectivity index (χ0n) is 16.9. The third-order valence-corrected chi connectivity index (χ3v) is 6.27. The molecule has 1 saturated heterocycles. The van der Waals surface area contributed by atoms with Crippen molar-refractivity contribution in [3.63, 3.8) is 0 Å². The van der Waals surface area contributed by atoms with Crippen LogP contribution in [0.15, 0.2) is 18.5 Å². The molecule has 1 aliphatic heterocycles. The molecule has 4 heterocycles. The number of hydrogen-bond acceptors (Lipinski definition) is 9. The van der Waals surface area contributed by atoms with E-state index in [1.165, 1.54) is 12.4 Å². The van der Waals surface area contributed by atoms with Crippen molar-refractivity contribution >= 4 is 39.4 Å². The van der Waals surface area contributed by atoms with E-state index in [4.69, 9.17) is 16.2 Å². The molecule has 3 aromatic heterocycles. The first-order chi connectivity index (χ1) is 15.4. The van der Waals surface area contributed by atoms with Crippen LogP contribution < -0.4 is 26.4 Å². The van der Waals surface area contributed by atoms with Gasteiger partial charge in [-0.25, -0.2) is 18.7 Å². The fourth-order valence-electron chi connectivity index (χ4n) is 4.56. The lowest BCUT2D eigenvalue weighted by molar-refractivity contribution is 0.440. The number of fused-ring (bicyclic) bond motifs is 4. The van der Waals surface area contributed by atoms with Crippen molar-refractivity contribution in [2.75, 3.05) is 36.1 Å². The number of aromatic amines is 1. The van der Waals surface area contributed by atoms with E-state index in [0.29, 0.717) is 58.7 Å². The minimum absolute atomic E-state index is 0.0178. The first-order valence-electron chi connectivity index (χ1n) is 10.1. The zero-order chi connectivity index (χ0) is 22.1. The summed E-state index contributed by atoms with van der Waals surface area (Å²) in [6.45, 7) is 1.34. The molecule has 0 radical (unpaired) electrons. The van der Waals surface area contributed by atoms with Gasteiger partial charge in [0.15, 0.2) is 17.4 Å². The lowest BCUT2D eigenvalue weighted by Crippen LogP contribution is -2.29. The van der Waals surface area contributed by atoms with Crippen LogP contribution in [0, 0.1) is 23.5 Å². The SMILES string of the molecule is CNc1cc(F)c(F)c2c1[nH]c1nc(Oc3cnc(N)nc3)nc(N3CC4C(N)C4C3)c12. The van der Waals surface area contributed by atoms with Gasteiger partial charge in [-0.2, -0.15) is 9.97 Å². The number of H-pyrrole nitrogens is 1. The normalized spacial score (nSPS) is 21.9. The number of nitrogens with two attached hydrogens (primary N) is 2. The van der Waals surface area contributed by atoms with E-state index >= 15 is 4.39 Å². The smallest absolute Gasteiger partial charge is 0.326 e. The Morgan fingerprint density at radius 1 is 1.16 bits per heavy atom. The lowest BCUT2D eigenvalue weighted by Gasteiger charge is -2.21. The van der Waals surface area contributed by atoms with Crippen molar-refractivity contribution in [1.82, 2.24) is 24.9 Å². The van der Waals surface area contributed by atoms with Gasteiger partial charge in [-0.15, -0.1) is 0 Å². The molecule has 1 aromatic carbocycles. The number of hydrogen-bond donors (Lipinski definition) is 4. The van der Waals surface area contributed by atoms with E-state index in [-0.39, 0.29) is 23.4 Å². The lowest BCUT2D eigenvalue weighted by atomic mass is 10.1. The first kappa shape index (κ1) is 18.9. The molecule has 32 heavy (non-hydrogen) atoms. The van der Waals surface area contributed by atoms with Gasteiger partial charge in [0.25, 0.3) is 0 Å². The minimum Gasteiger partial charge on any atom is -0.421 e. The largest absolute Gasteiger partial charge is 0.421 e. The molecule has 0 amide bonds. The van der Waals surface area contributed by atoms with E-state index in [1.54, 1.807) is 7.05 Å². The average molecular weight is 439 g/mol. The molecule has 164 valence electrons. The summed E-state index contributed by atoms with van der Waals surface area (Å²) in [7, 11) is 1.63. The maximum absolute atomic E-state index is 15.0. The van der Waals surface area contributed by atoms with E-state index in [9.17, 15) is 4.39 Å². The van der Waals surface area contributed by atoms with Crippen molar-refractivity contribution < 1.29 is 13.5 Å². The van der Waals surface area contributed by atoms with Crippen LogP contribution in [0.1, 0.15) is 0 Å². The highest BCUT2D eigenvalue weighted by atomic mass is 19.2. The molecule has 0 bridgehead atoms. The van der Waals surface area contributed by atoms with Crippen LogP contribution in [0.4, 0.5) is 26.2 Å². The van der Waals surface area contributed by atoms with Gasteiger partial charge < -0.3 is 31.4 Å². The molecule has 6 rings (SSSR count).